The van der Waals surface area contributed by atoms with Gasteiger partial charge in [-0.15, -0.1) is 0 Å². The Morgan fingerprint density at radius 3 is 0.793 bits per heavy atom. The van der Waals surface area contributed by atoms with Crippen molar-refractivity contribution in [2.24, 2.45) is 0 Å². The Balaban J connectivity index is 4.40. The minimum Gasteiger partial charge on any atom is -0.463 e. The molecule has 4 N–H and O–H groups in total. The Hall–Kier alpha value is -4.31. The molecule has 0 radical (unpaired) electrons. The van der Waals surface area contributed by atoms with Crippen LogP contribution in [0, 0.1) is 0 Å². The second kappa shape index (κ2) is 85.1. The number of ether oxygens (including phenoxy) is 3. The smallest absolute Gasteiger partial charge is 0.463 e. The monoisotopic (exact) mass is 1600 g/mol. The van der Waals surface area contributed by atoms with Crippen molar-refractivity contribution in [3.8, 4) is 0 Å². The van der Waals surface area contributed by atoms with Gasteiger partial charge in [0.25, 0.3) is 0 Å². The van der Waals surface area contributed by atoms with E-state index in [4.69, 9.17) is 32.3 Å². The summed E-state index contributed by atoms with van der Waals surface area (Å²) in [6, 6.07) is 0. The van der Waals surface area contributed by atoms with Gasteiger partial charge in [0.15, 0.2) is 6.10 Å². The van der Waals surface area contributed by atoms with Crippen LogP contribution in [0.5, 0.6) is 0 Å². The van der Waals surface area contributed by atoms with E-state index < -0.39 is 91.5 Å². The summed E-state index contributed by atoms with van der Waals surface area (Å²) in [6.45, 7) is 2.50. The molecule has 0 aromatic carbocycles. The van der Waals surface area contributed by atoms with Crippen molar-refractivity contribution in [3.63, 3.8) is 0 Å². The zero-order valence-electron chi connectivity index (χ0n) is 70.4. The van der Waals surface area contributed by atoms with Crippen LogP contribution >= 0.6 is 15.6 Å². The van der Waals surface area contributed by atoms with Gasteiger partial charge in [0.2, 0.25) is 0 Å². The Kier molecular flexibility index (Phi) is 81.8. The molecule has 0 aliphatic heterocycles. The Bertz CT molecular complexity index is 2550. The van der Waals surface area contributed by atoms with E-state index in [9.17, 15) is 43.5 Å². The van der Waals surface area contributed by atoms with Gasteiger partial charge in [-0.25, -0.2) is 9.13 Å². The number of aliphatic hydroxyl groups is 2. The summed E-state index contributed by atoms with van der Waals surface area (Å²) in [5.74, 6) is -1.58. The van der Waals surface area contributed by atoms with E-state index in [1.807, 2.05) is 0 Å². The van der Waals surface area contributed by atoms with Crippen molar-refractivity contribution >= 4 is 33.6 Å². The van der Waals surface area contributed by atoms with Gasteiger partial charge < -0.3 is 34.2 Å². The molecular formula is C93H162O16P2. The van der Waals surface area contributed by atoms with E-state index in [1.165, 1.54) is 167 Å². The van der Waals surface area contributed by atoms with Gasteiger partial charge >= 0.3 is 33.6 Å². The number of rotatable bonds is 84. The molecule has 0 saturated carbocycles. The van der Waals surface area contributed by atoms with Crippen molar-refractivity contribution in [2.75, 3.05) is 39.6 Å². The molecule has 0 saturated heterocycles. The molecule has 5 atom stereocenters. The summed E-state index contributed by atoms with van der Waals surface area (Å²) < 4.78 is 61.3. The maximum absolute atomic E-state index is 13.0. The van der Waals surface area contributed by atoms with Gasteiger partial charge in [-0.05, 0) is 135 Å². The third-order valence-electron chi connectivity index (χ3n) is 18.8. The van der Waals surface area contributed by atoms with E-state index in [2.05, 4.69) is 154 Å². The minimum atomic E-state index is -4.94. The number of phosphoric ester groups is 2. The number of esters is 3. The van der Waals surface area contributed by atoms with E-state index in [1.54, 1.807) is 0 Å². The van der Waals surface area contributed by atoms with Gasteiger partial charge in [0.05, 0.1) is 26.4 Å². The Morgan fingerprint density at radius 1 is 0.261 bits per heavy atom. The van der Waals surface area contributed by atoms with Crippen LogP contribution in [-0.4, -0.2) is 95.9 Å². The lowest BCUT2D eigenvalue weighted by molar-refractivity contribution is -0.161. The van der Waals surface area contributed by atoms with E-state index in [0.29, 0.717) is 19.3 Å². The fraction of sp³-hybridized carbons (Fsp3) is 0.731. The first-order chi connectivity index (χ1) is 54.2. The second-order valence-corrected chi connectivity index (χ2v) is 32.6. The number of hydrogen-bond acceptors (Lipinski definition) is 14. The van der Waals surface area contributed by atoms with Crippen molar-refractivity contribution in [1.29, 1.82) is 0 Å². The summed E-state index contributed by atoms with van der Waals surface area (Å²) in [6.07, 6.45) is 105. The third-order valence-corrected chi connectivity index (χ3v) is 20.7. The standard InChI is InChI=1S/C93H162O16P2/c1-4-7-10-13-16-19-22-25-27-29-31-33-35-37-39-41-42-43-44-46-48-49-51-53-55-57-59-62-64-67-70-73-76-79-91(96)103-82-88(94)83-105-110(99,100)106-84-89(95)85-107-111(101,102)108-87-90(109-93(98)81-78-75-72-69-66-61-24-21-18-15-12-9-6-3)86-104-92(97)80-77-74-71-68-65-63-60-58-56-54-52-50-47-45-40-38-36-34-32-30-28-26-23-20-17-14-11-8-5-2/h8,11-12,15-17,19-21,24-28,31-34,37-40,88-90,94-95H,4-7,9-10,13-14,18,22-23,29-30,35-36,41-87H2,1-3H3,(H,99,100)(H,101,102)/b11-8-,15-12-,19-16-,20-17-,24-21-,27-25-,28-26-,33-31-,34-32-,39-37-,40-38-. The van der Waals surface area contributed by atoms with E-state index in [0.717, 1.165) is 154 Å². The largest absolute Gasteiger partial charge is 0.472 e. The van der Waals surface area contributed by atoms with Gasteiger partial charge in [-0.1, -0.05) is 360 Å². The van der Waals surface area contributed by atoms with Crippen LogP contribution in [0.25, 0.3) is 0 Å². The summed E-state index contributed by atoms with van der Waals surface area (Å²) in [5.41, 5.74) is 0. The Labute approximate surface area is 677 Å². The van der Waals surface area contributed by atoms with Crippen molar-refractivity contribution in [2.45, 2.75) is 399 Å². The molecule has 0 aliphatic carbocycles. The summed E-state index contributed by atoms with van der Waals surface area (Å²) in [5, 5.41) is 20.7. The molecule has 5 unspecified atom stereocenters. The van der Waals surface area contributed by atoms with E-state index >= 15 is 0 Å². The predicted molar refractivity (Wildman–Crippen MR) is 463 cm³/mol. The molecule has 0 spiro atoms. The second-order valence-electron chi connectivity index (χ2n) is 29.7. The minimum absolute atomic E-state index is 0.0872. The van der Waals surface area contributed by atoms with Crippen LogP contribution in [0.3, 0.4) is 0 Å². The summed E-state index contributed by atoms with van der Waals surface area (Å²) >= 11 is 0. The van der Waals surface area contributed by atoms with Crippen molar-refractivity contribution in [1.82, 2.24) is 0 Å². The number of carbonyl (C=O) groups is 3. The maximum atomic E-state index is 13.0. The van der Waals surface area contributed by atoms with Gasteiger partial charge in [-0.2, -0.15) is 0 Å². The number of hydrogen-bond donors (Lipinski definition) is 4. The van der Waals surface area contributed by atoms with Crippen LogP contribution in [0.2, 0.25) is 0 Å². The molecule has 0 aromatic heterocycles. The summed E-state index contributed by atoms with van der Waals surface area (Å²) in [7, 11) is -9.80. The SMILES string of the molecule is CC/C=C\C/C=C\C/C=C\C/C=C\C/C=C\CCCCCCCCCCCCCCCC(=O)OCC(COP(=O)(O)OCC(O)COP(=O)(O)OCC(O)COC(=O)CCCCCCCCCCCCCCCCCCC/C=C\C/C=C\C/C=C\C/C=C\CCCCC)OC(=O)CCCCCCC/C=C\C/C=C\CCC. The predicted octanol–water partition coefficient (Wildman–Crippen LogP) is 27.0. The van der Waals surface area contributed by atoms with Gasteiger partial charge in [0, 0.05) is 19.3 Å². The lowest BCUT2D eigenvalue weighted by Crippen LogP contribution is -2.30. The number of carbonyl (C=O) groups excluding carboxylic acids is 3. The van der Waals surface area contributed by atoms with Crippen molar-refractivity contribution < 1.29 is 75.8 Å². The highest BCUT2D eigenvalue weighted by Crippen LogP contribution is 2.45. The number of unbranched alkanes of at least 4 members (excludes halogenated alkanes) is 39. The molecule has 111 heavy (non-hydrogen) atoms. The van der Waals surface area contributed by atoms with Gasteiger partial charge in [0.1, 0.15) is 25.4 Å². The quantitative estimate of drug-likeness (QED) is 0.0146. The molecule has 0 aliphatic rings. The van der Waals surface area contributed by atoms with Crippen LogP contribution in [0.15, 0.2) is 134 Å². The zero-order chi connectivity index (χ0) is 80.8. The average Bonchev–Trinajstić information content (AvgIpc) is 0.900. The molecule has 0 amide bonds. The zero-order valence-corrected chi connectivity index (χ0v) is 72.1. The molecule has 0 aromatic rings. The van der Waals surface area contributed by atoms with Crippen molar-refractivity contribution in [3.05, 3.63) is 134 Å². The molecule has 18 heteroatoms. The average molecular weight is 1600 g/mol. The highest BCUT2D eigenvalue weighted by Gasteiger charge is 2.29. The molecule has 16 nitrogen and oxygen atoms in total. The highest BCUT2D eigenvalue weighted by molar-refractivity contribution is 7.47. The fourth-order valence-electron chi connectivity index (χ4n) is 12.1. The number of phosphoric acid groups is 2. The first-order valence-electron chi connectivity index (χ1n) is 44.5. The molecule has 0 bridgehead atoms. The lowest BCUT2D eigenvalue weighted by atomic mass is 10.0. The summed E-state index contributed by atoms with van der Waals surface area (Å²) in [4.78, 5) is 58.8. The van der Waals surface area contributed by atoms with Gasteiger partial charge in [-0.3, -0.25) is 32.5 Å². The molecular weight excluding hydrogens is 1430 g/mol. The fourth-order valence-corrected chi connectivity index (χ4v) is 13.7. The molecule has 0 heterocycles. The number of allylic oxidation sites excluding steroid dienone is 22. The van der Waals surface area contributed by atoms with E-state index in [-0.39, 0.29) is 19.3 Å². The molecule has 0 rings (SSSR count). The van der Waals surface area contributed by atoms with Crippen LogP contribution < -0.4 is 0 Å². The third kappa shape index (κ3) is 86.4. The van der Waals surface area contributed by atoms with Crippen LogP contribution in [0.1, 0.15) is 380 Å². The first-order valence-corrected chi connectivity index (χ1v) is 47.5. The maximum Gasteiger partial charge on any atom is 0.472 e. The highest BCUT2D eigenvalue weighted by atomic mass is 31.2. The number of aliphatic hydroxyl groups excluding tert-OH is 2. The van der Waals surface area contributed by atoms with Crippen LogP contribution in [-0.2, 0) is 55.8 Å². The lowest BCUT2D eigenvalue weighted by Gasteiger charge is -2.21. The molecule has 640 valence electrons. The topological polar surface area (TPSA) is 231 Å². The van der Waals surface area contributed by atoms with Crippen LogP contribution in [0.4, 0.5) is 0 Å². The molecule has 0 fully saturated rings. The normalized spacial score (nSPS) is 14.5. The Morgan fingerprint density at radius 2 is 0.495 bits per heavy atom. The first kappa shape index (κ1) is 107.